The van der Waals surface area contributed by atoms with Crippen LogP contribution in [0.2, 0.25) is 0 Å². The lowest BCUT2D eigenvalue weighted by molar-refractivity contribution is -0.120. The summed E-state index contributed by atoms with van der Waals surface area (Å²) in [6.45, 7) is 0. The first kappa shape index (κ1) is 18.2. The Kier molecular flexibility index (Phi) is 5.07. The molecular formula is C22H22N4O2. The number of carbonyl (C=O) groups is 2. The molecule has 142 valence electrons. The van der Waals surface area contributed by atoms with Gasteiger partial charge in [0, 0.05) is 17.8 Å². The lowest BCUT2D eigenvalue weighted by Crippen LogP contribution is -2.47. The third-order valence-corrected chi connectivity index (χ3v) is 5.79. The van der Waals surface area contributed by atoms with Crippen molar-refractivity contribution in [2.24, 2.45) is 5.92 Å². The van der Waals surface area contributed by atoms with Gasteiger partial charge < -0.3 is 10.2 Å². The standard InChI is InChI=1S/C22H22N4O2/c23-14-15-10-11-24-20(12-15)25-21(27)19-13-17-8-4-5-9-18(17)26(19)22(28)16-6-2-1-3-7-16/h1-3,6-7,10-12,17-19H,4-5,8-9,13H2,(H,24,25,27). The molecule has 1 saturated heterocycles. The van der Waals surface area contributed by atoms with Gasteiger partial charge in [0.15, 0.2) is 0 Å². The van der Waals surface area contributed by atoms with Gasteiger partial charge in [0.25, 0.3) is 5.91 Å². The fourth-order valence-corrected chi connectivity index (χ4v) is 4.49. The van der Waals surface area contributed by atoms with Crippen LogP contribution in [0, 0.1) is 17.2 Å². The van der Waals surface area contributed by atoms with Gasteiger partial charge in [-0.1, -0.05) is 31.0 Å². The van der Waals surface area contributed by atoms with E-state index in [1.165, 1.54) is 6.20 Å². The number of hydrogen-bond donors (Lipinski definition) is 1. The number of pyridine rings is 1. The van der Waals surface area contributed by atoms with Crippen LogP contribution in [-0.4, -0.2) is 33.8 Å². The van der Waals surface area contributed by atoms with Gasteiger partial charge in [-0.2, -0.15) is 5.26 Å². The number of anilines is 1. The predicted molar refractivity (Wildman–Crippen MR) is 104 cm³/mol. The fourth-order valence-electron chi connectivity index (χ4n) is 4.49. The molecule has 1 saturated carbocycles. The van der Waals surface area contributed by atoms with Crippen LogP contribution in [-0.2, 0) is 4.79 Å². The number of amides is 2. The van der Waals surface area contributed by atoms with E-state index < -0.39 is 6.04 Å². The van der Waals surface area contributed by atoms with Crippen molar-refractivity contribution in [1.82, 2.24) is 9.88 Å². The van der Waals surface area contributed by atoms with Crippen molar-refractivity contribution in [1.29, 1.82) is 5.26 Å². The van der Waals surface area contributed by atoms with Crippen LogP contribution >= 0.6 is 0 Å². The van der Waals surface area contributed by atoms with E-state index in [1.54, 1.807) is 29.2 Å². The number of aromatic nitrogens is 1. The zero-order valence-electron chi connectivity index (χ0n) is 15.5. The smallest absolute Gasteiger partial charge is 0.254 e. The van der Waals surface area contributed by atoms with E-state index in [0.717, 1.165) is 25.7 Å². The Morgan fingerprint density at radius 3 is 2.71 bits per heavy atom. The predicted octanol–water partition coefficient (Wildman–Crippen LogP) is 3.37. The van der Waals surface area contributed by atoms with Crippen molar-refractivity contribution >= 4 is 17.6 Å². The summed E-state index contributed by atoms with van der Waals surface area (Å²) in [5.74, 6) is 0.372. The molecule has 1 aliphatic carbocycles. The molecule has 1 aromatic heterocycles. The van der Waals surface area contributed by atoms with Gasteiger partial charge in [-0.3, -0.25) is 9.59 Å². The number of fused-ring (bicyclic) bond motifs is 1. The third-order valence-electron chi connectivity index (χ3n) is 5.79. The number of rotatable bonds is 3. The highest BCUT2D eigenvalue weighted by atomic mass is 16.2. The molecule has 2 heterocycles. The van der Waals surface area contributed by atoms with E-state index in [0.29, 0.717) is 29.3 Å². The average molecular weight is 374 g/mol. The first-order valence-corrected chi connectivity index (χ1v) is 9.72. The molecule has 1 aromatic carbocycles. The second-order valence-electron chi connectivity index (χ2n) is 7.47. The van der Waals surface area contributed by atoms with Crippen molar-refractivity contribution in [2.45, 2.75) is 44.2 Å². The van der Waals surface area contributed by atoms with Gasteiger partial charge in [0.2, 0.25) is 5.91 Å². The summed E-state index contributed by atoms with van der Waals surface area (Å²) < 4.78 is 0. The van der Waals surface area contributed by atoms with Crippen LogP contribution < -0.4 is 5.32 Å². The van der Waals surface area contributed by atoms with Gasteiger partial charge >= 0.3 is 0 Å². The van der Waals surface area contributed by atoms with E-state index >= 15 is 0 Å². The Morgan fingerprint density at radius 2 is 1.93 bits per heavy atom. The number of nitrogens with one attached hydrogen (secondary N) is 1. The molecule has 0 spiro atoms. The average Bonchev–Trinajstić information content (AvgIpc) is 3.14. The molecule has 0 radical (unpaired) electrons. The molecule has 2 fully saturated rings. The Balaban J connectivity index is 1.60. The highest BCUT2D eigenvalue weighted by Crippen LogP contribution is 2.40. The van der Waals surface area contributed by atoms with Crippen molar-refractivity contribution < 1.29 is 9.59 Å². The first-order chi connectivity index (χ1) is 13.7. The van der Waals surface area contributed by atoms with Crippen LogP contribution in [0.3, 0.4) is 0 Å². The van der Waals surface area contributed by atoms with Gasteiger partial charge in [0.05, 0.1) is 11.6 Å². The number of nitriles is 1. The zero-order chi connectivity index (χ0) is 19.5. The largest absolute Gasteiger partial charge is 0.323 e. The molecule has 28 heavy (non-hydrogen) atoms. The summed E-state index contributed by atoms with van der Waals surface area (Å²) >= 11 is 0. The molecule has 2 aromatic rings. The summed E-state index contributed by atoms with van der Waals surface area (Å²) in [5, 5.41) is 11.9. The third kappa shape index (κ3) is 3.48. The van der Waals surface area contributed by atoms with Crippen LogP contribution in [0.25, 0.3) is 0 Å². The van der Waals surface area contributed by atoms with Gasteiger partial charge in [-0.15, -0.1) is 0 Å². The van der Waals surface area contributed by atoms with Crippen molar-refractivity contribution in [2.75, 3.05) is 5.32 Å². The minimum atomic E-state index is -0.520. The van der Waals surface area contributed by atoms with Crippen LogP contribution in [0.1, 0.15) is 48.0 Å². The topological polar surface area (TPSA) is 86.1 Å². The molecule has 4 rings (SSSR count). The van der Waals surface area contributed by atoms with E-state index in [9.17, 15) is 9.59 Å². The Hall–Kier alpha value is -3.20. The van der Waals surface area contributed by atoms with Crippen LogP contribution in [0.15, 0.2) is 48.7 Å². The maximum absolute atomic E-state index is 13.3. The molecule has 6 heteroatoms. The lowest BCUT2D eigenvalue weighted by atomic mass is 9.84. The number of hydrogen-bond acceptors (Lipinski definition) is 4. The fraction of sp³-hybridized carbons (Fsp3) is 0.364. The second kappa shape index (κ2) is 7.81. The zero-order valence-corrected chi connectivity index (χ0v) is 15.5. The first-order valence-electron chi connectivity index (χ1n) is 9.72. The van der Waals surface area contributed by atoms with Crippen molar-refractivity contribution in [3.63, 3.8) is 0 Å². The molecule has 6 nitrogen and oxygen atoms in total. The maximum Gasteiger partial charge on any atom is 0.254 e. The molecule has 2 aliphatic rings. The van der Waals surface area contributed by atoms with Crippen LogP contribution in [0.4, 0.5) is 5.82 Å². The van der Waals surface area contributed by atoms with E-state index in [4.69, 9.17) is 5.26 Å². The van der Waals surface area contributed by atoms with Gasteiger partial charge in [-0.05, 0) is 49.4 Å². The molecular weight excluding hydrogens is 352 g/mol. The van der Waals surface area contributed by atoms with Gasteiger partial charge in [0.1, 0.15) is 11.9 Å². The van der Waals surface area contributed by atoms with Crippen LogP contribution in [0.5, 0.6) is 0 Å². The minimum absolute atomic E-state index is 0.0890. The van der Waals surface area contributed by atoms with E-state index in [2.05, 4.69) is 10.3 Å². The lowest BCUT2D eigenvalue weighted by Gasteiger charge is -2.33. The molecule has 3 unspecified atom stereocenters. The van der Waals surface area contributed by atoms with Crippen molar-refractivity contribution in [3.8, 4) is 6.07 Å². The van der Waals surface area contributed by atoms with Gasteiger partial charge in [-0.25, -0.2) is 4.98 Å². The van der Waals surface area contributed by atoms with E-state index in [1.807, 2.05) is 24.3 Å². The highest BCUT2D eigenvalue weighted by Gasteiger charge is 2.47. The number of carbonyl (C=O) groups excluding carboxylic acids is 2. The summed E-state index contributed by atoms with van der Waals surface area (Å²) in [6, 6.07) is 13.9. The van der Waals surface area contributed by atoms with Crippen molar-refractivity contribution in [3.05, 3.63) is 59.8 Å². The second-order valence-corrected chi connectivity index (χ2v) is 7.47. The Morgan fingerprint density at radius 1 is 1.14 bits per heavy atom. The van der Waals surface area contributed by atoms with E-state index in [-0.39, 0.29) is 17.9 Å². The summed E-state index contributed by atoms with van der Waals surface area (Å²) in [7, 11) is 0. The SMILES string of the molecule is N#Cc1ccnc(NC(=O)C2CC3CCCCC3N2C(=O)c2ccccc2)c1. The highest BCUT2D eigenvalue weighted by molar-refractivity contribution is 6.01. The number of likely N-dealkylation sites (tertiary alicyclic amines) is 1. The molecule has 0 bridgehead atoms. The summed E-state index contributed by atoms with van der Waals surface area (Å²) in [5.41, 5.74) is 1.04. The molecule has 1 N–H and O–H groups in total. The summed E-state index contributed by atoms with van der Waals surface area (Å²) in [4.78, 5) is 32.3. The Labute approximate surface area is 164 Å². The summed E-state index contributed by atoms with van der Waals surface area (Å²) in [6.07, 6.45) is 6.39. The molecule has 3 atom stereocenters. The molecule has 2 amide bonds. The molecule has 1 aliphatic heterocycles. The monoisotopic (exact) mass is 374 g/mol. The number of benzene rings is 1. The Bertz CT molecular complexity index is 922. The number of nitrogens with zero attached hydrogens (tertiary/aromatic N) is 3. The maximum atomic E-state index is 13.3. The normalized spacial score (nSPS) is 23.5. The quantitative estimate of drug-likeness (QED) is 0.892. The minimum Gasteiger partial charge on any atom is -0.323 e.